The summed E-state index contributed by atoms with van der Waals surface area (Å²) in [6, 6.07) is 14.2. The summed E-state index contributed by atoms with van der Waals surface area (Å²) in [7, 11) is -2.57. The Balaban J connectivity index is 1.80. The summed E-state index contributed by atoms with van der Waals surface area (Å²) >= 11 is 0. The lowest BCUT2D eigenvalue weighted by Gasteiger charge is -2.15. The van der Waals surface area contributed by atoms with Crippen molar-refractivity contribution in [1.29, 1.82) is 0 Å². The van der Waals surface area contributed by atoms with E-state index in [4.69, 9.17) is 9.84 Å². The topological polar surface area (TPSA) is 125 Å². The summed E-state index contributed by atoms with van der Waals surface area (Å²) in [6.45, 7) is -0.150. The highest BCUT2D eigenvalue weighted by atomic mass is 32.2. The summed E-state index contributed by atoms with van der Waals surface area (Å²) in [5.74, 6) is -1.11. The van der Waals surface area contributed by atoms with Crippen molar-refractivity contribution < 1.29 is 27.9 Å². The van der Waals surface area contributed by atoms with Crippen LogP contribution in [0.25, 0.3) is 0 Å². The summed E-state index contributed by atoms with van der Waals surface area (Å²) in [5.41, 5.74) is 1.03. The fraction of sp³-hybridized carbons (Fsp3) is 0.200. The highest BCUT2D eigenvalue weighted by Crippen LogP contribution is 2.24. The molecule has 0 unspecified atom stereocenters. The molecule has 1 aliphatic heterocycles. The minimum absolute atomic E-state index is 0.0157. The second-order valence-corrected chi connectivity index (χ2v) is 8.10. The molecule has 2 aromatic rings. The second kappa shape index (κ2) is 8.97. The quantitative estimate of drug-likeness (QED) is 0.536. The molecule has 3 rings (SSSR count). The highest BCUT2D eigenvalue weighted by Gasteiger charge is 2.34. The number of carbonyl (C=O) groups is 2. The first kappa shape index (κ1) is 21.3. The van der Waals surface area contributed by atoms with Gasteiger partial charge in [0, 0.05) is 17.9 Å². The number of nitrogens with one attached hydrogen (secondary N) is 2. The van der Waals surface area contributed by atoms with Gasteiger partial charge in [-0.2, -0.15) is 0 Å². The fourth-order valence-electron chi connectivity index (χ4n) is 2.93. The standard InChI is InChI=1S/C20H21N3O6S/c1-29-20(26)17-13-23(11-12-24)19(25)18(17)21-14-7-9-16(10-8-14)30(27,28)22-15-5-3-2-4-6-15/h2-10,21-22,24H,11-13H2,1H3. The smallest absolute Gasteiger partial charge is 0.337 e. The average Bonchev–Trinajstić information content (AvgIpc) is 3.04. The molecule has 0 aliphatic carbocycles. The summed E-state index contributed by atoms with van der Waals surface area (Å²) < 4.78 is 32.2. The Bertz CT molecular complexity index is 1070. The van der Waals surface area contributed by atoms with E-state index in [1.807, 2.05) is 0 Å². The monoisotopic (exact) mass is 431 g/mol. The van der Waals surface area contributed by atoms with Crippen molar-refractivity contribution in [3.05, 3.63) is 65.9 Å². The normalized spacial score (nSPS) is 14.1. The molecule has 0 radical (unpaired) electrons. The molecule has 1 aliphatic rings. The van der Waals surface area contributed by atoms with Gasteiger partial charge >= 0.3 is 5.97 Å². The van der Waals surface area contributed by atoms with E-state index in [1.165, 1.54) is 36.3 Å². The van der Waals surface area contributed by atoms with Crippen molar-refractivity contribution in [3.63, 3.8) is 0 Å². The average molecular weight is 431 g/mol. The number of ether oxygens (including phenoxy) is 1. The molecule has 158 valence electrons. The molecule has 10 heteroatoms. The maximum atomic E-state index is 12.5. The third-order valence-corrected chi connectivity index (χ3v) is 5.81. The van der Waals surface area contributed by atoms with Gasteiger partial charge in [-0.25, -0.2) is 13.2 Å². The van der Waals surface area contributed by atoms with Crippen LogP contribution in [0.3, 0.4) is 0 Å². The van der Waals surface area contributed by atoms with Gasteiger partial charge < -0.3 is 20.1 Å². The zero-order valence-corrected chi connectivity index (χ0v) is 17.0. The predicted octanol–water partition coefficient (Wildman–Crippen LogP) is 1.16. The van der Waals surface area contributed by atoms with E-state index in [-0.39, 0.29) is 35.9 Å². The lowest BCUT2D eigenvalue weighted by molar-refractivity contribution is -0.136. The number of methoxy groups -OCH3 is 1. The van der Waals surface area contributed by atoms with Gasteiger partial charge in [0.1, 0.15) is 5.70 Å². The van der Waals surface area contributed by atoms with Crippen LogP contribution in [0.2, 0.25) is 0 Å². The molecule has 9 nitrogen and oxygen atoms in total. The third-order valence-electron chi connectivity index (χ3n) is 4.41. The van der Waals surface area contributed by atoms with Gasteiger partial charge in [0.15, 0.2) is 0 Å². The fourth-order valence-corrected chi connectivity index (χ4v) is 3.99. The summed E-state index contributed by atoms with van der Waals surface area (Å²) in [5, 5.41) is 12.0. The third kappa shape index (κ3) is 4.61. The minimum Gasteiger partial charge on any atom is -0.466 e. The Kier molecular flexibility index (Phi) is 6.38. The number of nitrogens with zero attached hydrogens (tertiary/aromatic N) is 1. The van der Waals surface area contributed by atoms with Crippen molar-refractivity contribution in [2.45, 2.75) is 4.90 Å². The first-order chi connectivity index (χ1) is 14.4. The van der Waals surface area contributed by atoms with Gasteiger partial charge in [-0.15, -0.1) is 0 Å². The number of hydrogen-bond acceptors (Lipinski definition) is 7. The van der Waals surface area contributed by atoms with E-state index in [9.17, 15) is 18.0 Å². The zero-order chi connectivity index (χ0) is 21.7. The van der Waals surface area contributed by atoms with Crippen molar-refractivity contribution in [3.8, 4) is 0 Å². The van der Waals surface area contributed by atoms with E-state index >= 15 is 0 Å². The number of rotatable bonds is 8. The Morgan fingerprint density at radius 1 is 1.10 bits per heavy atom. The number of aliphatic hydroxyl groups is 1. The lowest BCUT2D eigenvalue weighted by Crippen LogP contribution is -2.31. The SMILES string of the molecule is COC(=O)C1=C(Nc2ccc(S(=O)(=O)Nc3ccccc3)cc2)C(=O)N(CCO)C1. The number of benzene rings is 2. The van der Waals surface area contributed by atoms with E-state index in [2.05, 4.69) is 10.0 Å². The largest absolute Gasteiger partial charge is 0.466 e. The molecule has 0 saturated heterocycles. The molecule has 1 amide bonds. The van der Waals surface area contributed by atoms with Crippen LogP contribution in [-0.2, 0) is 24.3 Å². The summed E-state index contributed by atoms with van der Waals surface area (Å²) in [4.78, 5) is 25.9. The summed E-state index contributed by atoms with van der Waals surface area (Å²) in [6.07, 6.45) is 0. The molecule has 1 heterocycles. The number of esters is 1. The van der Waals surface area contributed by atoms with Crippen molar-refractivity contribution in [2.75, 3.05) is 36.8 Å². The van der Waals surface area contributed by atoms with Gasteiger partial charge in [-0.05, 0) is 36.4 Å². The number of para-hydroxylation sites is 1. The molecule has 2 aromatic carbocycles. The van der Waals surface area contributed by atoms with Crippen LogP contribution in [0, 0.1) is 0 Å². The van der Waals surface area contributed by atoms with Crippen LogP contribution in [0.4, 0.5) is 11.4 Å². The number of carbonyl (C=O) groups excluding carboxylic acids is 2. The molecule has 0 spiro atoms. The van der Waals surface area contributed by atoms with E-state index < -0.39 is 21.9 Å². The molecular formula is C20H21N3O6S. The molecule has 0 fully saturated rings. The molecule has 0 bridgehead atoms. The molecular weight excluding hydrogens is 410 g/mol. The van der Waals surface area contributed by atoms with E-state index in [0.717, 1.165) is 0 Å². The van der Waals surface area contributed by atoms with Crippen LogP contribution in [-0.4, -0.2) is 57.1 Å². The number of β-amino-alcohol motifs (C(OH)–C–C–N with tert-alkyl or cyclic N) is 1. The van der Waals surface area contributed by atoms with Crippen molar-refractivity contribution >= 4 is 33.3 Å². The molecule has 0 aromatic heterocycles. The Morgan fingerprint density at radius 2 is 1.77 bits per heavy atom. The Hall–Kier alpha value is -3.37. The van der Waals surface area contributed by atoms with Gasteiger partial charge in [0.2, 0.25) is 0 Å². The second-order valence-electron chi connectivity index (χ2n) is 6.42. The first-order valence-electron chi connectivity index (χ1n) is 9.02. The highest BCUT2D eigenvalue weighted by molar-refractivity contribution is 7.92. The Labute approximate surface area is 174 Å². The maximum absolute atomic E-state index is 12.5. The number of aliphatic hydroxyl groups excluding tert-OH is 1. The van der Waals surface area contributed by atoms with Crippen molar-refractivity contribution in [1.82, 2.24) is 4.90 Å². The van der Waals surface area contributed by atoms with Crippen LogP contribution in [0.5, 0.6) is 0 Å². The molecule has 3 N–H and O–H groups in total. The number of anilines is 2. The van der Waals surface area contributed by atoms with Gasteiger partial charge in [0.25, 0.3) is 15.9 Å². The van der Waals surface area contributed by atoms with Crippen LogP contribution in [0.15, 0.2) is 70.8 Å². The maximum Gasteiger partial charge on any atom is 0.337 e. The number of sulfonamides is 1. The first-order valence-corrected chi connectivity index (χ1v) is 10.5. The van der Waals surface area contributed by atoms with Crippen LogP contribution in [0.1, 0.15) is 0 Å². The molecule has 0 atom stereocenters. The van der Waals surface area contributed by atoms with Gasteiger partial charge in [-0.3, -0.25) is 9.52 Å². The number of hydrogen-bond donors (Lipinski definition) is 3. The Morgan fingerprint density at radius 3 is 2.37 bits per heavy atom. The van der Waals surface area contributed by atoms with Crippen molar-refractivity contribution in [2.24, 2.45) is 0 Å². The van der Waals surface area contributed by atoms with Gasteiger partial charge in [-0.1, -0.05) is 18.2 Å². The van der Waals surface area contributed by atoms with Gasteiger partial charge in [0.05, 0.1) is 30.7 Å². The van der Waals surface area contributed by atoms with E-state index in [1.54, 1.807) is 30.3 Å². The number of amides is 1. The van der Waals surface area contributed by atoms with Crippen LogP contribution >= 0.6 is 0 Å². The minimum atomic E-state index is -3.78. The van der Waals surface area contributed by atoms with Crippen LogP contribution < -0.4 is 10.0 Å². The molecule has 30 heavy (non-hydrogen) atoms. The lowest BCUT2D eigenvalue weighted by atomic mass is 10.2. The zero-order valence-electron chi connectivity index (χ0n) is 16.2. The predicted molar refractivity (Wildman–Crippen MR) is 110 cm³/mol. The van der Waals surface area contributed by atoms with E-state index in [0.29, 0.717) is 11.4 Å². The molecule has 0 saturated carbocycles.